The molecule has 0 radical (unpaired) electrons. The van der Waals surface area contributed by atoms with Crippen LogP contribution in [0, 0.1) is 0 Å². The standard InChI is InChI=1S/C14H26O3/c1-5-8-9-11-13(4)14(17-13,10-6-2)12(15)16-7-3/h5-11H2,1-4H3. The molecule has 1 aliphatic heterocycles. The van der Waals surface area contributed by atoms with Crippen molar-refractivity contribution in [2.45, 2.75) is 77.4 Å². The Morgan fingerprint density at radius 2 is 1.82 bits per heavy atom. The average Bonchev–Trinajstić information content (AvgIpc) is 2.87. The highest BCUT2D eigenvalue weighted by Gasteiger charge is 2.71. The van der Waals surface area contributed by atoms with Gasteiger partial charge in [0.1, 0.15) is 5.60 Å². The monoisotopic (exact) mass is 242 g/mol. The number of hydrogen-bond donors (Lipinski definition) is 0. The van der Waals surface area contributed by atoms with Gasteiger partial charge in [0.15, 0.2) is 5.60 Å². The van der Waals surface area contributed by atoms with Gasteiger partial charge in [-0.05, 0) is 26.7 Å². The van der Waals surface area contributed by atoms with E-state index in [4.69, 9.17) is 9.47 Å². The third-order valence-electron chi connectivity index (χ3n) is 3.68. The molecule has 0 bridgehead atoms. The van der Waals surface area contributed by atoms with Crippen LogP contribution in [0.2, 0.25) is 0 Å². The van der Waals surface area contributed by atoms with E-state index in [0.29, 0.717) is 6.61 Å². The van der Waals surface area contributed by atoms with E-state index in [2.05, 4.69) is 20.8 Å². The predicted octanol–water partition coefficient (Wildman–Crippen LogP) is 3.46. The van der Waals surface area contributed by atoms with Gasteiger partial charge in [0.25, 0.3) is 0 Å². The van der Waals surface area contributed by atoms with E-state index < -0.39 is 5.60 Å². The van der Waals surface area contributed by atoms with Crippen LogP contribution < -0.4 is 0 Å². The number of carbonyl (C=O) groups is 1. The Kier molecular flexibility index (Phi) is 4.99. The Bertz CT molecular complexity index is 264. The first-order chi connectivity index (χ1) is 8.06. The smallest absolute Gasteiger partial charge is 0.341 e. The average molecular weight is 242 g/mol. The molecule has 0 aromatic rings. The summed E-state index contributed by atoms with van der Waals surface area (Å²) in [5.41, 5.74) is -0.935. The van der Waals surface area contributed by atoms with Crippen LogP contribution >= 0.6 is 0 Å². The molecule has 1 saturated heterocycles. The lowest BCUT2D eigenvalue weighted by Gasteiger charge is -2.15. The van der Waals surface area contributed by atoms with E-state index in [-0.39, 0.29) is 11.6 Å². The molecule has 2 unspecified atom stereocenters. The summed E-state index contributed by atoms with van der Waals surface area (Å²) in [5.74, 6) is -0.166. The van der Waals surface area contributed by atoms with Gasteiger partial charge in [-0.2, -0.15) is 0 Å². The van der Waals surface area contributed by atoms with Crippen molar-refractivity contribution in [3.63, 3.8) is 0 Å². The topological polar surface area (TPSA) is 38.8 Å². The highest BCUT2D eigenvalue weighted by atomic mass is 16.7. The van der Waals surface area contributed by atoms with Crippen LogP contribution in [0.3, 0.4) is 0 Å². The summed E-state index contributed by atoms with van der Waals surface area (Å²) < 4.78 is 11.0. The minimum Gasteiger partial charge on any atom is -0.464 e. The van der Waals surface area contributed by atoms with Gasteiger partial charge >= 0.3 is 5.97 Å². The van der Waals surface area contributed by atoms with Crippen molar-refractivity contribution in [3.05, 3.63) is 0 Å². The van der Waals surface area contributed by atoms with Crippen molar-refractivity contribution in [3.8, 4) is 0 Å². The summed E-state index contributed by atoms with van der Waals surface area (Å²) in [6.45, 7) is 8.58. The van der Waals surface area contributed by atoms with Gasteiger partial charge in [-0.3, -0.25) is 0 Å². The fraction of sp³-hybridized carbons (Fsp3) is 0.929. The molecule has 1 aliphatic rings. The molecule has 0 saturated carbocycles. The summed E-state index contributed by atoms with van der Waals surface area (Å²) >= 11 is 0. The normalized spacial score (nSPS) is 31.3. The minimum atomic E-state index is -0.647. The first-order valence-electron chi connectivity index (χ1n) is 6.93. The number of hydrogen-bond acceptors (Lipinski definition) is 3. The second kappa shape index (κ2) is 5.85. The fourth-order valence-electron chi connectivity index (χ4n) is 2.60. The van der Waals surface area contributed by atoms with Crippen LogP contribution in [0.25, 0.3) is 0 Å². The molecule has 100 valence electrons. The van der Waals surface area contributed by atoms with Gasteiger partial charge in [0.2, 0.25) is 0 Å². The largest absolute Gasteiger partial charge is 0.464 e. The maximum atomic E-state index is 12.0. The number of esters is 1. The zero-order chi connectivity index (χ0) is 12.9. The molecule has 1 fully saturated rings. The first-order valence-corrected chi connectivity index (χ1v) is 6.93. The summed E-state index contributed by atoms with van der Waals surface area (Å²) in [5, 5.41) is 0. The van der Waals surface area contributed by atoms with E-state index in [1.54, 1.807) is 0 Å². The van der Waals surface area contributed by atoms with Crippen LogP contribution in [-0.2, 0) is 14.3 Å². The van der Waals surface area contributed by atoms with E-state index in [1.165, 1.54) is 12.8 Å². The van der Waals surface area contributed by atoms with E-state index >= 15 is 0 Å². The van der Waals surface area contributed by atoms with Gasteiger partial charge in [-0.1, -0.05) is 39.5 Å². The number of carbonyl (C=O) groups excluding carboxylic acids is 1. The number of ether oxygens (including phenoxy) is 2. The fourth-order valence-corrected chi connectivity index (χ4v) is 2.60. The Morgan fingerprint density at radius 3 is 2.35 bits per heavy atom. The Hall–Kier alpha value is -0.570. The van der Waals surface area contributed by atoms with Gasteiger partial charge in [0, 0.05) is 0 Å². The lowest BCUT2D eigenvalue weighted by molar-refractivity contribution is -0.149. The molecular formula is C14H26O3. The van der Waals surface area contributed by atoms with Crippen molar-refractivity contribution >= 4 is 5.97 Å². The summed E-state index contributed by atoms with van der Waals surface area (Å²) in [6, 6.07) is 0. The molecule has 3 heteroatoms. The number of rotatable bonds is 8. The molecule has 0 aliphatic carbocycles. The summed E-state index contributed by atoms with van der Waals surface area (Å²) in [6.07, 6.45) is 6.19. The number of unbranched alkanes of at least 4 members (excludes halogenated alkanes) is 2. The second-order valence-electron chi connectivity index (χ2n) is 5.09. The van der Waals surface area contributed by atoms with E-state index in [1.807, 2.05) is 6.92 Å². The quantitative estimate of drug-likeness (QED) is 0.372. The molecule has 0 aromatic carbocycles. The van der Waals surface area contributed by atoms with Crippen LogP contribution in [0.5, 0.6) is 0 Å². The zero-order valence-electron chi connectivity index (χ0n) is 11.7. The van der Waals surface area contributed by atoms with Crippen molar-refractivity contribution in [2.24, 2.45) is 0 Å². The van der Waals surface area contributed by atoms with Crippen LogP contribution in [0.1, 0.15) is 66.2 Å². The molecule has 2 atom stereocenters. The molecule has 3 nitrogen and oxygen atoms in total. The van der Waals surface area contributed by atoms with E-state index in [9.17, 15) is 4.79 Å². The lowest BCUT2D eigenvalue weighted by atomic mass is 9.86. The third-order valence-corrected chi connectivity index (χ3v) is 3.68. The first kappa shape index (κ1) is 14.5. The van der Waals surface area contributed by atoms with Gasteiger partial charge < -0.3 is 9.47 Å². The SMILES string of the molecule is CCCCCC1(C)OC1(CCC)C(=O)OCC. The minimum absolute atomic E-state index is 0.166. The lowest BCUT2D eigenvalue weighted by Crippen LogP contribution is -2.34. The maximum absolute atomic E-state index is 12.0. The Balaban J connectivity index is 2.60. The molecule has 1 rings (SSSR count). The Morgan fingerprint density at radius 1 is 1.12 bits per heavy atom. The van der Waals surface area contributed by atoms with Crippen molar-refractivity contribution < 1.29 is 14.3 Å². The maximum Gasteiger partial charge on any atom is 0.341 e. The zero-order valence-corrected chi connectivity index (χ0v) is 11.7. The summed E-state index contributed by atoms with van der Waals surface area (Å²) in [7, 11) is 0. The molecule has 17 heavy (non-hydrogen) atoms. The highest BCUT2D eigenvalue weighted by molar-refractivity contribution is 5.84. The Labute approximate surface area is 105 Å². The molecule has 0 N–H and O–H groups in total. The third kappa shape index (κ3) is 2.82. The molecule has 0 amide bonds. The molecule has 0 spiro atoms. The van der Waals surface area contributed by atoms with Crippen molar-refractivity contribution in [1.82, 2.24) is 0 Å². The van der Waals surface area contributed by atoms with Crippen LogP contribution in [0.15, 0.2) is 0 Å². The highest BCUT2D eigenvalue weighted by Crippen LogP contribution is 2.54. The van der Waals surface area contributed by atoms with E-state index in [0.717, 1.165) is 25.7 Å². The van der Waals surface area contributed by atoms with Gasteiger partial charge in [0.05, 0.1) is 6.61 Å². The summed E-state index contributed by atoms with van der Waals surface area (Å²) in [4.78, 5) is 12.0. The molecular weight excluding hydrogens is 216 g/mol. The predicted molar refractivity (Wildman–Crippen MR) is 67.9 cm³/mol. The molecule has 1 heterocycles. The van der Waals surface area contributed by atoms with Crippen molar-refractivity contribution in [2.75, 3.05) is 6.61 Å². The van der Waals surface area contributed by atoms with Crippen LogP contribution in [-0.4, -0.2) is 23.8 Å². The second-order valence-corrected chi connectivity index (χ2v) is 5.09. The van der Waals surface area contributed by atoms with Gasteiger partial charge in [-0.25, -0.2) is 4.79 Å². The van der Waals surface area contributed by atoms with Crippen molar-refractivity contribution in [1.29, 1.82) is 0 Å². The number of epoxide rings is 1. The van der Waals surface area contributed by atoms with Gasteiger partial charge in [-0.15, -0.1) is 0 Å². The molecule has 0 aromatic heterocycles. The van der Waals surface area contributed by atoms with Crippen LogP contribution in [0.4, 0.5) is 0 Å².